The normalized spacial score (nSPS) is 19.3. The molecule has 2 heterocycles. The van der Waals surface area contributed by atoms with Crippen LogP contribution in [-0.2, 0) is 14.3 Å². The van der Waals surface area contributed by atoms with Crippen molar-refractivity contribution < 1.29 is 14.3 Å². The number of amides is 1. The monoisotopic (exact) mass is 427 g/mol. The highest BCUT2D eigenvalue weighted by molar-refractivity contribution is 8.16. The summed E-state index contributed by atoms with van der Waals surface area (Å²) in [6.07, 6.45) is 0.866. The first kappa shape index (κ1) is 22.2. The molecule has 7 heteroatoms. The molecular formula is C23H29N3O3S. The zero-order valence-corrected chi connectivity index (χ0v) is 19.0. The third-order valence-corrected chi connectivity index (χ3v) is 5.93. The van der Waals surface area contributed by atoms with Gasteiger partial charge in [0.25, 0.3) is 0 Å². The highest BCUT2D eigenvalue weighted by Crippen LogP contribution is 2.44. The maximum absolute atomic E-state index is 13.0. The molecule has 1 aromatic rings. The van der Waals surface area contributed by atoms with Crippen molar-refractivity contribution in [2.24, 2.45) is 4.99 Å². The number of ether oxygens (including phenoxy) is 1. The summed E-state index contributed by atoms with van der Waals surface area (Å²) in [4.78, 5) is 32.3. The van der Waals surface area contributed by atoms with E-state index in [0.29, 0.717) is 11.3 Å². The van der Waals surface area contributed by atoms with E-state index >= 15 is 0 Å². The van der Waals surface area contributed by atoms with E-state index in [1.807, 2.05) is 75.3 Å². The quantitative estimate of drug-likeness (QED) is 0.648. The number of allylic oxidation sites excluding steroid dienone is 1. The van der Waals surface area contributed by atoms with Gasteiger partial charge in [0.2, 0.25) is 5.91 Å². The summed E-state index contributed by atoms with van der Waals surface area (Å²) in [5, 5.41) is 5.74. The van der Waals surface area contributed by atoms with Crippen LogP contribution in [0.4, 0.5) is 0 Å². The number of hydrogen-bond acceptors (Lipinski definition) is 6. The fraction of sp³-hybridized carbons (Fsp3) is 0.435. The van der Waals surface area contributed by atoms with Crippen LogP contribution in [0.3, 0.4) is 0 Å². The van der Waals surface area contributed by atoms with Gasteiger partial charge in [0.15, 0.2) is 5.17 Å². The molecule has 30 heavy (non-hydrogen) atoms. The van der Waals surface area contributed by atoms with Crippen LogP contribution < -0.4 is 5.32 Å². The first-order chi connectivity index (χ1) is 14.3. The van der Waals surface area contributed by atoms with Crippen molar-refractivity contribution in [1.82, 2.24) is 10.2 Å². The summed E-state index contributed by atoms with van der Waals surface area (Å²) in [7, 11) is 0. The molecule has 1 amide bonds. The molecule has 0 radical (unpaired) electrons. The highest BCUT2D eigenvalue weighted by Gasteiger charge is 2.41. The molecule has 6 nitrogen and oxygen atoms in total. The smallest absolute Gasteiger partial charge is 0.338 e. The van der Waals surface area contributed by atoms with Crippen LogP contribution in [0.1, 0.15) is 59.1 Å². The Bertz CT molecular complexity index is 906. The van der Waals surface area contributed by atoms with Crippen molar-refractivity contribution in [1.29, 1.82) is 0 Å². The summed E-state index contributed by atoms with van der Waals surface area (Å²) in [6, 6.07) is 9.55. The SMILES string of the molecule is CCC(C)NC(=O)CC1=CSC2=NC(C)=C(C(=O)OC(C)C)C(c3ccccc3)N12. The number of rotatable bonds is 7. The van der Waals surface area contributed by atoms with Gasteiger partial charge in [0, 0.05) is 11.7 Å². The number of nitrogens with zero attached hydrogens (tertiary/aromatic N) is 2. The summed E-state index contributed by atoms with van der Waals surface area (Å²) < 4.78 is 5.55. The predicted octanol–water partition coefficient (Wildman–Crippen LogP) is 4.52. The topological polar surface area (TPSA) is 71.0 Å². The Morgan fingerprint density at radius 1 is 1.23 bits per heavy atom. The van der Waals surface area contributed by atoms with E-state index in [-0.39, 0.29) is 36.5 Å². The molecular weight excluding hydrogens is 398 g/mol. The molecule has 0 saturated heterocycles. The maximum atomic E-state index is 13.0. The molecule has 3 rings (SSSR count). The van der Waals surface area contributed by atoms with Crippen LogP contribution >= 0.6 is 11.8 Å². The van der Waals surface area contributed by atoms with Crippen LogP contribution in [0.15, 0.2) is 57.7 Å². The Labute approximate surface area is 182 Å². The lowest BCUT2D eigenvalue weighted by molar-refractivity contribution is -0.143. The Kier molecular flexibility index (Phi) is 7.02. The summed E-state index contributed by atoms with van der Waals surface area (Å²) in [5.74, 6) is -0.415. The summed E-state index contributed by atoms with van der Waals surface area (Å²) in [5.41, 5.74) is 2.94. The molecule has 0 saturated carbocycles. The number of nitrogens with one attached hydrogen (secondary N) is 1. The molecule has 1 aromatic carbocycles. The second kappa shape index (κ2) is 9.51. The molecule has 2 atom stereocenters. The van der Waals surface area contributed by atoms with Crippen molar-refractivity contribution in [2.75, 3.05) is 0 Å². The average Bonchev–Trinajstić information content (AvgIpc) is 3.08. The van der Waals surface area contributed by atoms with Gasteiger partial charge in [0.1, 0.15) is 0 Å². The molecule has 2 aliphatic rings. The lowest BCUT2D eigenvalue weighted by Gasteiger charge is -2.36. The van der Waals surface area contributed by atoms with E-state index in [1.165, 1.54) is 11.8 Å². The maximum Gasteiger partial charge on any atom is 0.338 e. The lowest BCUT2D eigenvalue weighted by Crippen LogP contribution is -2.39. The number of carbonyl (C=O) groups is 2. The number of fused-ring (bicyclic) bond motifs is 1. The van der Waals surface area contributed by atoms with Gasteiger partial charge in [0.05, 0.1) is 29.8 Å². The zero-order valence-electron chi connectivity index (χ0n) is 18.1. The van der Waals surface area contributed by atoms with E-state index in [0.717, 1.165) is 22.8 Å². The van der Waals surface area contributed by atoms with Crippen LogP contribution in [0, 0.1) is 0 Å². The summed E-state index contributed by atoms with van der Waals surface area (Å²) in [6.45, 7) is 9.53. The van der Waals surface area contributed by atoms with Crippen molar-refractivity contribution in [2.45, 2.75) is 65.6 Å². The van der Waals surface area contributed by atoms with E-state index in [4.69, 9.17) is 4.74 Å². The molecule has 1 N–H and O–H groups in total. The zero-order chi connectivity index (χ0) is 21.8. The van der Waals surface area contributed by atoms with Crippen molar-refractivity contribution >= 4 is 28.8 Å². The number of thioether (sulfide) groups is 1. The first-order valence-electron chi connectivity index (χ1n) is 10.3. The lowest BCUT2D eigenvalue weighted by atomic mass is 9.94. The van der Waals surface area contributed by atoms with Gasteiger partial charge < -0.3 is 15.0 Å². The Hall–Kier alpha value is -2.54. The molecule has 0 aliphatic carbocycles. The average molecular weight is 428 g/mol. The second-order valence-corrected chi connectivity index (χ2v) is 8.65. The fourth-order valence-corrected chi connectivity index (χ4v) is 4.42. The van der Waals surface area contributed by atoms with Gasteiger partial charge in [-0.15, -0.1) is 0 Å². The molecule has 2 unspecified atom stereocenters. The van der Waals surface area contributed by atoms with Crippen LogP contribution in [0.5, 0.6) is 0 Å². The van der Waals surface area contributed by atoms with E-state index in [2.05, 4.69) is 10.3 Å². The van der Waals surface area contributed by atoms with E-state index < -0.39 is 0 Å². The minimum atomic E-state index is -0.386. The van der Waals surface area contributed by atoms with Gasteiger partial charge in [-0.3, -0.25) is 4.79 Å². The highest BCUT2D eigenvalue weighted by atomic mass is 32.2. The van der Waals surface area contributed by atoms with Crippen LogP contribution in [0.2, 0.25) is 0 Å². The van der Waals surface area contributed by atoms with Gasteiger partial charge in [-0.25, -0.2) is 9.79 Å². The van der Waals surface area contributed by atoms with Crippen LogP contribution in [0.25, 0.3) is 0 Å². The van der Waals surface area contributed by atoms with Gasteiger partial charge in [-0.2, -0.15) is 0 Å². The molecule has 0 fully saturated rings. The van der Waals surface area contributed by atoms with E-state index in [1.54, 1.807) is 0 Å². The minimum Gasteiger partial charge on any atom is -0.459 e. The van der Waals surface area contributed by atoms with Crippen LogP contribution in [-0.4, -0.2) is 34.1 Å². The third-order valence-electron chi connectivity index (χ3n) is 5.04. The Balaban J connectivity index is 1.97. The molecule has 0 aromatic heterocycles. The minimum absolute atomic E-state index is 0.0400. The number of esters is 1. The number of aliphatic imine (C=N–C) groups is 1. The predicted molar refractivity (Wildman–Crippen MR) is 121 cm³/mol. The third kappa shape index (κ3) is 4.78. The van der Waals surface area contributed by atoms with Gasteiger partial charge >= 0.3 is 5.97 Å². The molecule has 0 spiro atoms. The largest absolute Gasteiger partial charge is 0.459 e. The summed E-state index contributed by atoms with van der Waals surface area (Å²) >= 11 is 1.48. The number of benzene rings is 1. The molecule has 0 bridgehead atoms. The van der Waals surface area contributed by atoms with Crippen molar-refractivity contribution in [3.63, 3.8) is 0 Å². The number of hydrogen-bond donors (Lipinski definition) is 1. The standard InChI is InChI=1S/C23H29N3O3S/c1-6-15(4)24-19(27)12-18-13-30-23-25-16(5)20(22(28)29-14(2)3)21(26(18)23)17-10-8-7-9-11-17/h7-11,13-15,21H,6,12H2,1-5H3,(H,24,27). The van der Waals surface area contributed by atoms with Crippen molar-refractivity contribution in [3.8, 4) is 0 Å². The Morgan fingerprint density at radius 2 is 1.93 bits per heavy atom. The van der Waals surface area contributed by atoms with Gasteiger partial charge in [-0.1, -0.05) is 49.0 Å². The van der Waals surface area contributed by atoms with Gasteiger partial charge in [-0.05, 0) is 45.1 Å². The first-order valence-corrected chi connectivity index (χ1v) is 11.2. The molecule has 160 valence electrons. The molecule has 2 aliphatic heterocycles. The van der Waals surface area contributed by atoms with E-state index in [9.17, 15) is 9.59 Å². The second-order valence-electron chi connectivity index (χ2n) is 7.81. The fourth-order valence-electron chi connectivity index (χ4n) is 3.45. The number of amidine groups is 1. The Morgan fingerprint density at radius 3 is 2.57 bits per heavy atom. The van der Waals surface area contributed by atoms with Crippen molar-refractivity contribution in [3.05, 3.63) is 58.3 Å². The number of carbonyl (C=O) groups excluding carboxylic acids is 2.